The summed E-state index contributed by atoms with van der Waals surface area (Å²) in [5.74, 6) is -1.72. The number of likely N-dealkylation sites (N-methyl/N-ethyl adjacent to an activating group) is 1. The van der Waals surface area contributed by atoms with Crippen molar-refractivity contribution in [3.8, 4) is 22.5 Å². The fraction of sp³-hybridized carbons (Fsp3) is 0.240. The number of aromatic amines is 1. The number of H-pyrrole nitrogens is 1. The zero-order valence-electron chi connectivity index (χ0n) is 19.2. The summed E-state index contributed by atoms with van der Waals surface area (Å²) in [6.07, 6.45) is -3.48. The van der Waals surface area contributed by atoms with Gasteiger partial charge in [-0.15, -0.1) is 0 Å². The molecule has 0 unspecified atom stereocenters. The third-order valence-electron chi connectivity index (χ3n) is 6.41. The lowest BCUT2D eigenvalue weighted by Gasteiger charge is -2.34. The highest BCUT2D eigenvalue weighted by molar-refractivity contribution is 6.05. The number of benzene rings is 2. The van der Waals surface area contributed by atoms with Crippen molar-refractivity contribution in [1.82, 2.24) is 20.1 Å². The largest absolute Gasteiger partial charge is 0.417 e. The molecule has 1 aliphatic rings. The molecule has 11 heteroatoms. The molecule has 1 amide bonds. The number of nitrogens with zero attached hydrogens (tertiary/aromatic N) is 4. The summed E-state index contributed by atoms with van der Waals surface area (Å²) in [7, 11) is 2.04. The van der Waals surface area contributed by atoms with E-state index in [0.29, 0.717) is 22.2 Å². The van der Waals surface area contributed by atoms with E-state index in [1.807, 2.05) is 13.1 Å². The number of carbonyl (C=O) groups is 1. The highest BCUT2D eigenvalue weighted by Crippen LogP contribution is 2.39. The molecule has 186 valence electrons. The molecule has 3 heterocycles. The maximum absolute atomic E-state index is 14.6. The molecular formula is C25H22F4N6O. The summed E-state index contributed by atoms with van der Waals surface area (Å²) in [5, 5.41) is 7.50. The van der Waals surface area contributed by atoms with Crippen molar-refractivity contribution in [2.75, 3.05) is 38.1 Å². The van der Waals surface area contributed by atoms with Crippen molar-refractivity contribution in [2.45, 2.75) is 6.18 Å². The van der Waals surface area contributed by atoms with Crippen molar-refractivity contribution in [1.29, 1.82) is 0 Å². The monoisotopic (exact) mass is 498 g/mol. The van der Waals surface area contributed by atoms with E-state index in [0.717, 1.165) is 50.1 Å². The van der Waals surface area contributed by atoms with Crippen LogP contribution in [0.1, 0.15) is 15.9 Å². The Morgan fingerprint density at radius 1 is 1.08 bits per heavy atom. The van der Waals surface area contributed by atoms with Gasteiger partial charge >= 0.3 is 6.18 Å². The number of primary amides is 1. The first-order valence-corrected chi connectivity index (χ1v) is 11.2. The van der Waals surface area contributed by atoms with Crippen LogP contribution in [-0.4, -0.2) is 59.2 Å². The molecule has 1 aliphatic heterocycles. The molecule has 0 radical (unpaired) electrons. The van der Waals surface area contributed by atoms with Crippen molar-refractivity contribution < 1.29 is 22.4 Å². The molecular weight excluding hydrogens is 476 g/mol. The number of anilines is 1. The van der Waals surface area contributed by atoms with Crippen molar-refractivity contribution in [3.05, 3.63) is 65.6 Å². The Balaban J connectivity index is 1.67. The minimum atomic E-state index is -4.77. The summed E-state index contributed by atoms with van der Waals surface area (Å²) in [6, 6.07) is 9.34. The van der Waals surface area contributed by atoms with E-state index in [1.165, 1.54) is 12.3 Å². The molecule has 0 spiro atoms. The van der Waals surface area contributed by atoms with Crippen molar-refractivity contribution in [2.24, 2.45) is 5.73 Å². The van der Waals surface area contributed by atoms with Gasteiger partial charge in [-0.1, -0.05) is 6.07 Å². The number of hydrogen-bond acceptors (Lipinski definition) is 5. The van der Waals surface area contributed by atoms with Gasteiger partial charge in [-0.2, -0.15) is 18.3 Å². The van der Waals surface area contributed by atoms with Gasteiger partial charge in [0.15, 0.2) is 0 Å². The lowest BCUT2D eigenvalue weighted by atomic mass is 9.98. The van der Waals surface area contributed by atoms with Gasteiger partial charge in [0.05, 0.1) is 23.0 Å². The molecule has 1 fully saturated rings. The molecule has 3 N–H and O–H groups in total. The van der Waals surface area contributed by atoms with Crippen LogP contribution in [0.2, 0.25) is 0 Å². The second-order valence-electron chi connectivity index (χ2n) is 8.73. The summed E-state index contributed by atoms with van der Waals surface area (Å²) in [5.41, 5.74) is 5.87. The number of amides is 1. The molecule has 1 saturated heterocycles. The summed E-state index contributed by atoms with van der Waals surface area (Å²) in [6.45, 7) is 3.32. The van der Waals surface area contributed by atoms with Gasteiger partial charge in [0.2, 0.25) is 5.91 Å². The molecule has 2 aromatic heterocycles. The zero-order chi connectivity index (χ0) is 25.6. The topological polar surface area (TPSA) is 91.1 Å². The summed E-state index contributed by atoms with van der Waals surface area (Å²) < 4.78 is 55.5. The number of aromatic nitrogens is 3. The molecule has 0 aliphatic carbocycles. The SMILES string of the molecule is CN1CCN(c2ccc(C(N)=O)c(-c3n[nH]c4cnc(-c5c(F)cccc5C(F)(F)F)cc34)c2)CC1. The van der Waals surface area contributed by atoms with E-state index in [1.54, 1.807) is 12.1 Å². The summed E-state index contributed by atoms with van der Waals surface area (Å²) in [4.78, 5) is 20.7. The second-order valence-corrected chi connectivity index (χ2v) is 8.73. The number of hydrogen-bond donors (Lipinski definition) is 2. The van der Waals surface area contributed by atoms with Crippen LogP contribution in [0.3, 0.4) is 0 Å². The van der Waals surface area contributed by atoms with Gasteiger partial charge in [0, 0.05) is 53.9 Å². The lowest BCUT2D eigenvalue weighted by Crippen LogP contribution is -2.44. The van der Waals surface area contributed by atoms with Crippen LogP contribution in [0.25, 0.3) is 33.4 Å². The average Bonchev–Trinajstić information content (AvgIpc) is 3.26. The fourth-order valence-corrected chi connectivity index (χ4v) is 4.48. The highest BCUT2D eigenvalue weighted by atomic mass is 19.4. The Kier molecular flexibility index (Phi) is 5.87. The smallest absolute Gasteiger partial charge is 0.369 e. The maximum Gasteiger partial charge on any atom is 0.417 e. The Morgan fingerprint density at radius 2 is 1.83 bits per heavy atom. The predicted octanol–water partition coefficient (Wildman–Crippen LogP) is 4.30. The molecule has 4 aromatic rings. The first-order valence-electron chi connectivity index (χ1n) is 11.2. The van der Waals surface area contributed by atoms with E-state index in [9.17, 15) is 22.4 Å². The minimum Gasteiger partial charge on any atom is -0.369 e. The summed E-state index contributed by atoms with van der Waals surface area (Å²) >= 11 is 0. The van der Waals surface area contributed by atoms with Crippen LogP contribution in [0.5, 0.6) is 0 Å². The van der Waals surface area contributed by atoms with E-state index in [2.05, 4.69) is 25.0 Å². The van der Waals surface area contributed by atoms with Crippen molar-refractivity contribution in [3.63, 3.8) is 0 Å². The van der Waals surface area contributed by atoms with Crippen LogP contribution in [0, 0.1) is 5.82 Å². The normalized spacial score (nSPS) is 15.0. The number of pyridine rings is 1. The minimum absolute atomic E-state index is 0.202. The van der Waals surface area contributed by atoms with Crippen LogP contribution in [0.4, 0.5) is 23.2 Å². The van der Waals surface area contributed by atoms with Crippen LogP contribution >= 0.6 is 0 Å². The van der Waals surface area contributed by atoms with Crippen molar-refractivity contribution >= 4 is 22.5 Å². The fourth-order valence-electron chi connectivity index (χ4n) is 4.48. The van der Waals surface area contributed by atoms with Crippen LogP contribution in [0.15, 0.2) is 48.7 Å². The number of halogens is 4. The average molecular weight is 498 g/mol. The van der Waals surface area contributed by atoms with E-state index >= 15 is 0 Å². The van der Waals surface area contributed by atoms with Crippen LogP contribution in [-0.2, 0) is 6.18 Å². The second kappa shape index (κ2) is 8.90. The molecule has 5 rings (SSSR count). The number of nitrogens with two attached hydrogens (primary N) is 1. The molecule has 0 atom stereocenters. The van der Waals surface area contributed by atoms with Gasteiger partial charge < -0.3 is 15.5 Å². The standard InChI is InChI=1S/C25H22F4N6O/c1-34-7-9-35(10-8-34)14-5-6-15(24(30)36)16(11-14)23-17-12-20(31-13-21(17)32-33-23)22-18(25(27,28)29)3-2-4-19(22)26/h2-6,11-13H,7-10H2,1H3,(H2,30,36)(H,32,33). The maximum atomic E-state index is 14.6. The first kappa shape index (κ1) is 23.7. The quantitative estimate of drug-likeness (QED) is 0.410. The first-order chi connectivity index (χ1) is 17.1. The number of rotatable bonds is 4. The Hall–Kier alpha value is -3.99. The Bertz CT molecular complexity index is 1460. The van der Waals surface area contributed by atoms with Crippen LogP contribution < -0.4 is 10.6 Å². The van der Waals surface area contributed by atoms with E-state index in [4.69, 9.17) is 5.73 Å². The molecule has 0 bridgehead atoms. The third-order valence-corrected chi connectivity index (χ3v) is 6.41. The van der Waals surface area contributed by atoms with E-state index < -0.39 is 29.0 Å². The zero-order valence-corrected chi connectivity index (χ0v) is 19.2. The Morgan fingerprint density at radius 3 is 2.53 bits per heavy atom. The lowest BCUT2D eigenvalue weighted by molar-refractivity contribution is -0.137. The predicted molar refractivity (Wildman–Crippen MR) is 128 cm³/mol. The number of piperazine rings is 1. The number of nitrogens with one attached hydrogen (secondary N) is 1. The van der Waals surface area contributed by atoms with E-state index in [-0.39, 0.29) is 11.3 Å². The Labute approximate surface area is 203 Å². The number of fused-ring (bicyclic) bond motifs is 1. The van der Waals surface area contributed by atoms with Gasteiger partial charge in [0.1, 0.15) is 11.5 Å². The molecule has 2 aromatic carbocycles. The third kappa shape index (κ3) is 4.26. The molecule has 7 nitrogen and oxygen atoms in total. The van der Waals surface area contributed by atoms with Gasteiger partial charge in [0.25, 0.3) is 0 Å². The van der Waals surface area contributed by atoms with Gasteiger partial charge in [-0.05, 0) is 43.4 Å². The highest BCUT2D eigenvalue weighted by Gasteiger charge is 2.35. The molecule has 36 heavy (non-hydrogen) atoms. The number of alkyl halides is 3. The molecule has 0 saturated carbocycles. The van der Waals surface area contributed by atoms with Gasteiger partial charge in [-0.3, -0.25) is 14.9 Å². The number of carbonyl (C=O) groups excluding carboxylic acids is 1. The van der Waals surface area contributed by atoms with Gasteiger partial charge in [-0.25, -0.2) is 4.39 Å².